The van der Waals surface area contributed by atoms with Gasteiger partial charge in [-0.05, 0) is 41.0 Å². The van der Waals surface area contributed by atoms with Crippen LogP contribution >= 0.6 is 24.0 Å². The average molecular weight is 498 g/mol. The van der Waals surface area contributed by atoms with Crippen molar-refractivity contribution in [3.05, 3.63) is 11.6 Å². The molecular formula is C16H31IN6O2S. The highest BCUT2D eigenvalue weighted by molar-refractivity contribution is 14.0. The van der Waals surface area contributed by atoms with Crippen LogP contribution in [0.2, 0.25) is 0 Å². The Morgan fingerprint density at radius 2 is 2.08 bits per heavy atom. The number of aliphatic imine (C=N–C) groups is 1. The topological polar surface area (TPSA) is 101 Å². The van der Waals surface area contributed by atoms with E-state index in [1.165, 1.54) is 0 Å². The summed E-state index contributed by atoms with van der Waals surface area (Å²) < 4.78 is 25.6. The zero-order valence-electron chi connectivity index (χ0n) is 16.2. The highest BCUT2D eigenvalue weighted by Crippen LogP contribution is 2.16. The van der Waals surface area contributed by atoms with Gasteiger partial charge < -0.3 is 10.6 Å². The second kappa shape index (κ2) is 9.34. The number of halogens is 1. The zero-order chi connectivity index (χ0) is 18.7. The van der Waals surface area contributed by atoms with Crippen LogP contribution in [0, 0.1) is 6.92 Å². The summed E-state index contributed by atoms with van der Waals surface area (Å²) in [6, 6.07) is 0.200. The van der Waals surface area contributed by atoms with Gasteiger partial charge in [0.05, 0.1) is 23.6 Å². The van der Waals surface area contributed by atoms with Gasteiger partial charge in [-0.1, -0.05) is 0 Å². The Balaban J connectivity index is 0.00000338. The van der Waals surface area contributed by atoms with Crippen molar-refractivity contribution in [1.29, 1.82) is 0 Å². The minimum Gasteiger partial charge on any atom is -0.357 e. The maximum absolute atomic E-state index is 12.2. The summed E-state index contributed by atoms with van der Waals surface area (Å²) in [7, 11) is -3.16. The van der Waals surface area contributed by atoms with Crippen LogP contribution in [0.25, 0.3) is 0 Å². The van der Waals surface area contributed by atoms with Gasteiger partial charge in [-0.15, -0.1) is 24.0 Å². The largest absolute Gasteiger partial charge is 0.357 e. The minimum atomic E-state index is -3.16. The van der Waals surface area contributed by atoms with E-state index in [1.807, 2.05) is 18.5 Å². The molecule has 0 aromatic carbocycles. The third kappa shape index (κ3) is 6.07. The monoisotopic (exact) mass is 498 g/mol. The van der Waals surface area contributed by atoms with Crippen LogP contribution in [0.4, 0.5) is 0 Å². The number of guanidine groups is 1. The van der Waals surface area contributed by atoms with Crippen molar-refractivity contribution in [3.8, 4) is 0 Å². The van der Waals surface area contributed by atoms with Gasteiger partial charge in [-0.3, -0.25) is 4.99 Å². The second-order valence-electron chi connectivity index (χ2n) is 7.33. The first-order chi connectivity index (χ1) is 11.6. The fourth-order valence-electron chi connectivity index (χ4n) is 2.65. The first-order valence-corrected chi connectivity index (χ1v) is 10.4. The number of aryl methyl sites for hydroxylation is 2. The zero-order valence-corrected chi connectivity index (χ0v) is 19.4. The number of sulfone groups is 1. The number of rotatable bonds is 5. The number of fused-ring (bicyclic) bond motifs is 1. The van der Waals surface area contributed by atoms with Crippen LogP contribution in [-0.2, 0) is 22.8 Å². The molecule has 8 nitrogen and oxygen atoms in total. The fourth-order valence-corrected chi connectivity index (χ4v) is 3.59. The van der Waals surface area contributed by atoms with Crippen molar-refractivity contribution in [2.24, 2.45) is 4.99 Å². The standard InChI is InChI=1S/C16H30N6O2S.HI/c1-6-17-15(18-9-10-25(23,24)16(3,4)5)20-13-7-8-14-19-12(2)21-22(14)11-13;/h13H,6-11H2,1-5H3,(H2,17,18,20);1H. The molecule has 0 saturated heterocycles. The molecule has 1 aliphatic heterocycles. The van der Waals surface area contributed by atoms with Gasteiger partial charge in [0.1, 0.15) is 11.6 Å². The first-order valence-electron chi connectivity index (χ1n) is 8.80. The van der Waals surface area contributed by atoms with Crippen LogP contribution in [0.5, 0.6) is 0 Å². The Hall–Kier alpha value is -0.910. The molecule has 0 amide bonds. The van der Waals surface area contributed by atoms with E-state index in [2.05, 4.69) is 25.7 Å². The van der Waals surface area contributed by atoms with Gasteiger partial charge in [0.15, 0.2) is 15.8 Å². The number of hydrogen-bond acceptors (Lipinski definition) is 5. The van der Waals surface area contributed by atoms with E-state index in [-0.39, 0.29) is 42.3 Å². The maximum atomic E-state index is 12.2. The van der Waals surface area contributed by atoms with Gasteiger partial charge >= 0.3 is 0 Å². The molecule has 1 atom stereocenters. The molecule has 2 heterocycles. The summed E-state index contributed by atoms with van der Waals surface area (Å²) in [6.07, 6.45) is 1.82. The van der Waals surface area contributed by atoms with E-state index in [9.17, 15) is 8.42 Å². The SMILES string of the molecule is CCNC(=NCCS(=O)(=O)C(C)(C)C)NC1CCc2nc(C)nn2C1.I. The number of nitrogens with zero attached hydrogens (tertiary/aromatic N) is 4. The van der Waals surface area contributed by atoms with Gasteiger partial charge in [0.2, 0.25) is 0 Å². The molecule has 0 spiro atoms. The summed E-state index contributed by atoms with van der Waals surface area (Å²) in [4.78, 5) is 8.85. The second-order valence-corrected chi connectivity index (χ2v) is 10.2. The highest BCUT2D eigenvalue weighted by Gasteiger charge is 2.28. The van der Waals surface area contributed by atoms with Gasteiger partial charge in [0, 0.05) is 19.0 Å². The maximum Gasteiger partial charge on any atom is 0.191 e. The van der Waals surface area contributed by atoms with Crippen molar-refractivity contribution in [1.82, 2.24) is 25.4 Å². The smallest absolute Gasteiger partial charge is 0.191 e. The lowest BCUT2D eigenvalue weighted by Crippen LogP contribution is -2.47. The molecule has 0 aliphatic carbocycles. The molecule has 2 rings (SSSR count). The minimum absolute atomic E-state index is 0. The van der Waals surface area contributed by atoms with Crippen LogP contribution < -0.4 is 10.6 Å². The van der Waals surface area contributed by atoms with Crippen molar-refractivity contribution in [3.63, 3.8) is 0 Å². The first kappa shape index (κ1) is 23.1. The van der Waals surface area contributed by atoms with E-state index >= 15 is 0 Å². The van der Waals surface area contributed by atoms with Gasteiger partial charge in [-0.25, -0.2) is 18.1 Å². The molecule has 1 aromatic rings. The normalized spacial score (nSPS) is 18.0. The molecule has 1 unspecified atom stereocenters. The van der Waals surface area contributed by atoms with Crippen molar-refractivity contribution < 1.29 is 8.42 Å². The Kier molecular flexibility index (Phi) is 8.31. The predicted octanol–water partition coefficient (Wildman–Crippen LogP) is 1.29. The predicted molar refractivity (Wildman–Crippen MR) is 115 cm³/mol. The Labute approximate surface area is 173 Å². The van der Waals surface area contributed by atoms with Crippen LogP contribution in [0.3, 0.4) is 0 Å². The molecule has 0 bridgehead atoms. The quantitative estimate of drug-likeness (QED) is 0.361. The molecule has 0 radical (unpaired) electrons. The van der Waals surface area contributed by atoms with Gasteiger partial charge in [0.25, 0.3) is 0 Å². The fraction of sp³-hybridized carbons (Fsp3) is 0.812. The Morgan fingerprint density at radius 3 is 2.69 bits per heavy atom. The summed E-state index contributed by atoms with van der Waals surface area (Å²) >= 11 is 0. The van der Waals surface area contributed by atoms with E-state index in [0.29, 0.717) is 5.96 Å². The third-order valence-electron chi connectivity index (χ3n) is 4.21. The summed E-state index contributed by atoms with van der Waals surface area (Å²) in [5, 5.41) is 11.0. The van der Waals surface area contributed by atoms with Crippen molar-refractivity contribution in [2.45, 2.75) is 64.8 Å². The number of nitrogens with one attached hydrogen (secondary N) is 2. The lowest BCUT2D eigenvalue weighted by Gasteiger charge is -2.25. The van der Waals surface area contributed by atoms with E-state index in [1.54, 1.807) is 20.8 Å². The van der Waals surface area contributed by atoms with Crippen molar-refractivity contribution in [2.75, 3.05) is 18.8 Å². The van der Waals surface area contributed by atoms with E-state index in [4.69, 9.17) is 0 Å². The third-order valence-corrected chi connectivity index (χ3v) is 6.80. The summed E-state index contributed by atoms with van der Waals surface area (Å²) in [5.74, 6) is 2.51. The molecule has 26 heavy (non-hydrogen) atoms. The molecule has 0 saturated carbocycles. The highest BCUT2D eigenvalue weighted by atomic mass is 127. The van der Waals surface area contributed by atoms with E-state index < -0.39 is 14.6 Å². The molecule has 0 fully saturated rings. The van der Waals surface area contributed by atoms with Crippen molar-refractivity contribution >= 4 is 39.8 Å². The summed E-state index contributed by atoms with van der Waals surface area (Å²) in [5.41, 5.74) is 0. The van der Waals surface area contributed by atoms with E-state index in [0.717, 1.165) is 37.6 Å². The van der Waals surface area contributed by atoms with Crippen LogP contribution in [0.15, 0.2) is 4.99 Å². The summed E-state index contributed by atoms with van der Waals surface area (Å²) in [6.45, 7) is 10.7. The van der Waals surface area contributed by atoms with Gasteiger partial charge in [-0.2, -0.15) is 5.10 Å². The lowest BCUT2D eigenvalue weighted by atomic mass is 10.1. The van der Waals surface area contributed by atoms with Crippen LogP contribution in [-0.4, -0.2) is 58.8 Å². The molecular weight excluding hydrogens is 467 g/mol. The molecule has 1 aliphatic rings. The molecule has 150 valence electrons. The number of hydrogen-bond donors (Lipinski definition) is 2. The lowest BCUT2D eigenvalue weighted by molar-refractivity contribution is 0.392. The van der Waals surface area contributed by atoms with Crippen LogP contribution in [0.1, 0.15) is 45.8 Å². The number of aromatic nitrogens is 3. The Morgan fingerprint density at radius 1 is 1.38 bits per heavy atom. The Bertz CT molecular complexity index is 724. The average Bonchev–Trinajstić information content (AvgIpc) is 2.85. The molecule has 1 aromatic heterocycles. The molecule has 2 N–H and O–H groups in total. The molecule has 10 heteroatoms.